The maximum atomic E-state index is 13.1. The summed E-state index contributed by atoms with van der Waals surface area (Å²) < 4.78 is 28.2. The second-order valence-corrected chi connectivity index (χ2v) is 8.35. The molecule has 0 unspecified atom stereocenters. The minimum Gasteiger partial charge on any atom is -0.452 e. The van der Waals surface area contributed by atoms with Crippen LogP contribution in [0.1, 0.15) is 16.7 Å². The number of nitrogen functional groups attached to an aromatic ring is 2. The molecule has 6 rings (SSSR count). The zero-order chi connectivity index (χ0) is 31.0. The third-order valence-electron chi connectivity index (χ3n) is 4.69. The van der Waals surface area contributed by atoms with Crippen molar-refractivity contribution in [1.29, 1.82) is 15.8 Å². The van der Waals surface area contributed by atoms with E-state index in [1.807, 2.05) is 18.2 Å². The monoisotopic (exact) mass is 641 g/mol. The molecule has 0 fully saturated rings. The van der Waals surface area contributed by atoms with Crippen LogP contribution in [0.4, 0.5) is 16.0 Å². The van der Waals surface area contributed by atoms with Crippen molar-refractivity contribution in [2.45, 2.75) is 0 Å². The number of rotatable bonds is 2. The molecule has 43 heavy (non-hydrogen) atoms. The smallest absolute Gasteiger partial charge is 0.230 e. The molecular weight excluding hydrogens is 625 g/mol. The first-order valence-electron chi connectivity index (χ1n) is 11.5. The van der Waals surface area contributed by atoms with Crippen LogP contribution in [0.15, 0.2) is 98.3 Å². The van der Waals surface area contributed by atoms with Crippen molar-refractivity contribution >= 4 is 27.6 Å². The van der Waals surface area contributed by atoms with Crippen molar-refractivity contribution in [3.63, 3.8) is 0 Å². The lowest BCUT2D eigenvalue weighted by atomic mass is 10.2. The minimum absolute atomic E-state index is 0.0917. The van der Waals surface area contributed by atoms with Crippen molar-refractivity contribution in [2.75, 3.05) is 11.5 Å². The zero-order valence-electron chi connectivity index (χ0n) is 21.7. The number of hydrogen-bond donors (Lipinski definition) is 2. The van der Waals surface area contributed by atoms with Crippen LogP contribution in [-0.4, -0.2) is 29.9 Å². The molecule has 0 aliphatic heterocycles. The van der Waals surface area contributed by atoms with Gasteiger partial charge >= 0.3 is 0 Å². The van der Waals surface area contributed by atoms with Gasteiger partial charge in [-0.1, -0.05) is 0 Å². The zero-order valence-corrected chi connectivity index (χ0v) is 23.3. The van der Waals surface area contributed by atoms with Crippen LogP contribution in [0.3, 0.4) is 0 Å². The quantitative estimate of drug-likeness (QED) is 0.239. The number of pyridine rings is 3. The minimum atomic E-state index is -0.702. The highest BCUT2D eigenvalue weighted by molar-refractivity contribution is 9.10. The van der Waals surface area contributed by atoms with Crippen molar-refractivity contribution in [1.82, 2.24) is 29.9 Å². The van der Waals surface area contributed by atoms with Crippen LogP contribution in [0.2, 0.25) is 0 Å². The van der Waals surface area contributed by atoms with E-state index in [4.69, 9.17) is 36.1 Å². The van der Waals surface area contributed by atoms with Crippen LogP contribution in [-0.2, 0) is 0 Å². The molecule has 0 amide bonds. The number of nitrogens with two attached hydrogens (primary N) is 2. The Morgan fingerprint density at radius 1 is 0.674 bits per heavy atom. The molecular formula is C27H17BrFN11O3. The maximum absolute atomic E-state index is 13.1. The average Bonchev–Trinajstić information content (AvgIpc) is 3.85. The van der Waals surface area contributed by atoms with E-state index in [2.05, 4.69) is 50.3 Å². The molecule has 0 radical (unpaired) electrons. The third-order valence-corrected chi connectivity index (χ3v) is 5.32. The van der Waals surface area contributed by atoms with Crippen LogP contribution >= 0.6 is 15.9 Å². The van der Waals surface area contributed by atoms with Crippen LogP contribution in [0.25, 0.3) is 22.9 Å². The van der Waals surface area contributed by atoms with Gasteiger partial charge in [-0.3, -0.25) is 0 Å². The molecule has 0 saturated heterocycles. The lowest BCUT2D eigenvalue weighted by Crippen LogP contribution is -1.94. The highest BCUT2D eigenvalue weighted by atomic mass is 79.9. The third kappa shape index (κ3) is 9.32. The van der Waals surface area contributed by atoms with Gasteiger partial charge in [-0.05, 0) is 34.1 Å². The molecule has 14 nitrogen and oxygen atoms in total. The Morgan fingerprint density at radius 2 is 1.21 bits per heavy atom. The average molecular weight is 642 g/mol. The molecule has 0 atom stereocenters. The number of nitriles is 3. The van der Waals surface area contributed by atoms with E-state index < -0.39 is 5.95 Å². The second kappa shape index (κ2) is 16.0. The van der Waals surface area contributed by atoms with Gasteiger partial charge < -0.3 is 24.7 Å². The number of halogens is 2. The number of hydrogen-bond acceptors (Lipinski definition) is 14. The lowest BCUT2D eigenvalue weighted by Gasteiger charge is -1.99. The van der Waals surface area contributed by atoms with Gasteiger partial charge in [-0.15, -0.1) is 0 Å². The van der Waals surface area contributed by atoms with Gasteiger partial charge in [-0.2, -0.15) is 20.2 Å². The maximum Gasteiger partial charge on any atom is 0.230 e. The summed E-state index contributed by atoms with van der Waals surface area (Å²) in [5.74, 6) is 0.483. The van der Waals surface area contributed by atoms with E-state index in [0.29, 0.717) is 38.7 Å². The Labute approximate surface area is 250 Å². The standard InChI is InChI=1S/C9H4FN3O.C9H6N4O.C6H4BrN3.C3H3NO/c10-8-7(9-12-1-2-14-9)3-6(4-11)5-13-8;10-4-6-3-7(8(11)13-5-6)9-12-1-2-14-9;7-5-1-4(2-8)3-10-6(5)9;1-2-5-3-4-1/h1-3,5H;1-3,5H,(H2,11,13);1,3H,(H2,9,10);1-3H. The molecule has 16 heteroatoms. The summed E-state index contributed by atoms with van der Waals surface area (Å²) in [6, 6.07) is 10.3. The van der Waals surface area contributed by atoms with E-state index >= 15 is 0 Å². The summed E-state index contributed by atoms with van der Waals surface area (Å²) in [7, 11) is 0. The van der Waals surface area contributed by atoms with Gasteiger partial charge in [0.25, 0.3) is 0 Å². The molecule has 6 aromatic rings. The number of anilines is 2. The van der Waals surface area contributed by atoms with E-state index in [-0.39, 0.29) is 17.0 Å². The molecule has 4 N–H and O–H groups in total. The highest BCUT2D eigenvalue weighted by Gasteiger charge is 2.11. The molecule has 0 bridgehead atoms. The highest BCUT2D eigenvalue weighted by Crippen LogP contribution is 2.23. The Hall–Kier alpha value is -6.44. The van der Waals surface area contributed by atoms with Crippen LogP contribution < -0.4 is 11.5 Å². The Morgan fingerprint density at radius 3 is 1.67 bits per heavy atom. The van der Waals surface area contributed by atoms with Crippen molar-refractivity contribution in [3.05, 3.63) is 108 Å². The van der Waals surface area contributed by atoms with E-state index in [9.17, 15) is 4.39 Å². The summed E-state index contributed by atoms with van der Waals surface area (Å²) >= 11 is 3.15. The molecule has 0 aromatic carbocycles. The number of nitrogens with zero attached hydrogens (tertiary/aromatic N) is 9. The van der Waals surface area contributed by atoms with Gasteiger partial charge in [0.2, 0.25) is 17.7 Å². The van der Waals surface area contributed by atoms with Gasteiger partial charge in [0, 0.05) is 18.6 Å². The molecule has 6 aromatic heterocycles. The molecule has 0 spiro atoms. The normalized spacial score (nSPS) is 9.28. The molecule has 0 saturated carbocycles. The van der Waals surface area contributed by atoms with E-state index in [1.165, 1.54) is 56.0 Å². The first kappa shape index (κ1) is 31.1. The van der Waals surface area contributed by atoms with Crippen molar-refractivity contribution < 1.29 is 17.6 Å². The SMILES string of the molecule is N#Cc1cnc(F)c(-c2ncco2)c1.N#Cc1cnc(N)c(-c2ncco2)c1.N#Cc1cnc(N)c(Br)c1.c1cocn1. The largest absolute Gasteiger partial charge is 0.452 e. The summed E-state index contributed by atoms with van der Waals surface area (Å²) in [4.78, 5) is 22.3. The second-order valence-electron chi connectivity index (χ2n) is 7.50. The van der Waals surface area contributed by atoms with E-state index in [1.54, 1.807) is 18.3 Å². The van der Waals surface area contributed by atoms with Crippen LogP contribution in [0.5, 0.6) is 0 Å². The molecule has 212 valence electrons. The number of oxazole rings is 3. The Kier molecular flexibility index (Phi) is 11.6. The summed E-state index contributed by atoms with van der Waals surface area (Å²) in [6.45, 7) is 0. The van der Waals surface area contributed by atoms with Gasteiger partial charge in [0.15, 0.2) is 6.39 Å². The summed E-state index contributed by atoms with van der Waals surface area (Å²) in [5.41, 5.74) is 12.8. The summed E-state index contributed by atoms with van der Waals surface area (Å²) in [6.07, 6.45) is 14.1. The molecule has 0 aliphatic rings. The predicted molar refractivity (Wildman–Crippen MR) is 151 cm³/mol. The van der Waals surface area contributed by atoms with Crippen molar-refractivity contribution in [2.24, 2.45) is 0 Å². The van der Waals surface area contributed by atoms with Crippen LogP contribution in [0, 0.1) is 39.9 Å². The molecule has 0 aliphatic carbocycles. The lowest BCUT2D eigenvalue weighted by molar-refractivity contribution is 0.549. The van der Waals surface area contributed by atoms with Crippen molar-refractivity contribution in [3.8, 4) is 41.1 Å². The first-order valence-corrected chi connectivity index (χ1v) is 12.3. The number of aromatic nitrogens is 6. The summed E-state index contributed by atoms with van der Waals surface area (Å²) in [5, 5.41) is 25.7. The van der Waals surface area contributed by atoms with Gasteiger partial charge in [0.05, 0.1) is 50.9 Å². The Bertz CT molecular complexity index is 1750. The predicted octanol–water partition coefficient (Wildman–Crippen LogP) is 4.91. The fraction of sp³-hybridized carbons (Fsp3) is 0. The fourth-order valence-electron chi connectivity index (χ4n) is 2.77. The van der Waals surface area contributed by atoms with Gasteiger partial charge in [-0.25, -0.2) is 29.9 Å². The fourth-order valence-corrected chi connectivity index (χ4v) is 3.11. The topological polar surface area (TPSA) is 240 Å². The Balaban J connectivity index is 0.000000165. The van der Waals surface area contributed by atoms with E-state index in [0.717, 1.165) is 6.20 Å². The molecule has 6 heterocycles. The van der Waals surface area contributed by atoms with Gasteiger partial charge in [0.1, 0.15) is 48.6 Å². The first-order chi connectivity index (χ1) is 20.9.